The molecular formula is C12H13ClFN3OS. The summed E-state index contributed by atoms with van der Waals surface area (Å²) in [7, 11) is -0.741. The number of nitrogen functional groups attached to an aromatic ring is 1. The van der Waals surface area contributed by atoms with Crippen molar-refractivity contribution in [2.24, 2.45) is 0 Å². The fourth-order valence-electron chi connectivity index (χ4n) is 2.53. The highest BCUT2D eigenvalue weighted by Gasteiger charge is 2.23. The van der Waals surface area contributed by atoms with Gasteiger partial charge >= 0.3 is 0 Å². The van der Waals surface area contributed by atoms with Crippen LogP contribution < -0.4 is 5.73 Å². The van der Waals surface area contributed by atoms with Gasteiger partial charge in [-0.2, -0.15) is 0 Å². The Kier molecular flexibility index (Phi) is 3.22. The van der Waals surface area contributed by atoms with Crippen LogP contribution in [0.5, 0.6) is 0 Å². The Hall–Kier alpha value is -1.14. The van der Waals surface area contributed by atoms with Gasteiger partial charge in [0, 0.05) is 34.4 Å². The first-order valence-corrected chi connectivity index (χ1v) is 7.90. The summed E-state index contributed by atoms with van der Waals surface area (Å²) in [6, 6.07) is 2.98. The van der Waals surface area contributed by atoms with Crippen LogP contribution in [-0.2, 0) is 10.8 Å². The summed E-state index contributed by atoms with van der Waals surface area (Å²) < 4.78 is 26.8. The highest BCUT2D eigenvalue weighted by atomic mass is 35.5. The van der Waals surface area contributed by atoms with Crippen molar-refractivity contribution < 1.29 is 8.60 Å². The smallest absolute Gasteiger partial charge is 0.201 e. The molecule has 3 rings (SSSR count). The SMILES string of the molecule is Nc1nc2cc(Cl)c(F)cc2n1C1CCS(=O)CC1. The molecule has 0 bridgehead atoms. The molecule has 2 N–H and O–H groups in total. The van der Waals surface area contributed by atoms with E-state index in [9.17, 15) is 8.60 Å². The lowest BCUT2D eigenvalue weighted by molar-refractivity contribution is 0.477. The highest BCUT2D eigenvalue weighted by Crippen LogP contribution is 2.31. The van der Waals surface area contributed by atoms with Gasteiger partial charge in [-0.25, -0.2) is 9.37 Å². The number of imidazole rings is 1. The van der Waals surface area contributed by atoms with Crippen molar-refractivity contribution in [3.63, 3.8) is 0 Å². The molecular weight excluding hydrogens is 289 g/mol. The zero-order chi connectivity index (χ0) is 13.6. The van der Waals surface area contributed by atoms with Crippen molar-refractivity contribution in [1.82, 2.24) is 9.55 Å². The van der Waals surface area contributed by atoms with E-state index in [0.717, 1.165) is 12.8 Å². The van der Waals surface area contributed by atoms with Crippen LogP contribution in [0.1, 0.15) is 18.9 Å². The summed E-state index contributed by atoms with van der Waals surface area (Å²) in [5.41, 5.74) is 7.17. The average molecular weight is 302 g/mol. The molecule has 102 valence electrons. The van der Waals surface area contributed by atoms with E-state index in [2.05, 4.69) is 4.98 Å². The third-order valence-corrected chi connectivity index (χ3v) is 5.15. The van der Waals surface area contributed by atoms with Crippen molar-refractivity contribution in [2.75, 3.05) is 17.2 Å². The van der Waals surface area contributed by atoms with Crippen LogP contribution in [0.15, 0.2) is 12.1 Å². The molecule has 19 heavy (non-hydrogen) atoms. The number of hydrogen-bond acceptors (Lipinski definition) is 3. The number of anilines is 1. The van der Waals surface area contributed by atoms with Gasteiger partial charge in [0.2, 0.25) is 5.95 Å². The van der Waals surface area contributed by atoms with E-state index in [1.165, 1.54) is 12.1 Å². The van der Waals surface area contributed by atoms with Crippen LogP contribution in [0.4, 0.5) is 10.3 Å². The Balaban J connectivity index is 2.10. The molecule has 1 aromatic carbocycles. The van der Waals surface area contributed by atoms with Crippen LogP contribution in [0, 0.1) is 5.82 Å². The Morgan fingerprint density at radius 1 is 1.42 bits per heavy atom. The van der Waals surface area contributed by atoms with Crippen molar-refractivity contribution in [1.29, 1.82) is 0 Å². The van der Waals surface area contributed by atoms with Gasteiger partial charge in [-0.1, -0.05) is 11.6 Å². The summed E-state index contributed by atoms with van der Waals surface area (Å²) in [6.45, 7) is 0. The molecule has 7 heteroatoms. The number of nitrogens with zero attached hydrogens (tertiary/aromatic N) is 2. The Labute approximate surface area is 117 Å². The fourth-order valence-corrected chi connectivity index (χ4v) is 3.96. The van der Waals surface area contributed by atoms with E-state index < -0.39 is 16.6 Å². The molecule has 1 aromatic heterocycles. The molecule has 0 aliphatic carbocycles. The van der Waals surface area contributed by atoms with Crippen molar-refractivity contribution in [3.05, 3.63) is 23.0 Å². The molecule has 1 aliphatic rings. The summed E-state index contributed by atoms with van der Waals surface area (Å²) in [6.07, 6.45) is 1.54. The third-order valence-electron chi connectivity index (χ3n) is 3.48. The zero-order valence-electron chi connectivity index (χ0n) is 10.1. The standard InChI is InChI=1S/C12H13ClFN3OS/c13-8-5-10-11(6-9(8)14)17(12(15)16-10)7-1-3-19(18)4-2-7/h5-7H,1-4H2,(H2,15,16). The van der Waals surface area contributed by atoms with E-state index in [-0.39, 0.29) is 11.1 Å². The quantitative estimate of drug-likeness (QED) is 0.880. The topological polar surface area (TPSA) is 60.9 Å². The summed E-state index contributed by atoms with van der Waals surface area (Å²) in [5, 5.41) is 0.0434. The molecule has 2 heterocycles. The fraction of sp³-hybridized carbons (Fsp3) is 0.417. The molecule has 0 unspecified atom stereocenters. The summed E-state index contributed by atoms with van der Waals surface area (Å²) in [5.74, 6) is 1.18. The number of aromatic nitrogens is 2. The van der Waals surface area contributed by atoms with Crippen molar-refractivity contribution >= 4 is 39.4 Å². The van der Waals surface area contributed by atoms with Gasteiger partial charge in [0.15, 0.2) is 0 Å². The molecule has 0 saturated carbocycles. The third kappa shape index (κ3) is 2.23. The van der Waals surface area contributed by atoms with Gasteiger partial charge < -0.3 is 10.3 Å². The number of rotatable bonds is 1. The molecule has 0 amide bonds. The van der Waals surface area contributed by atoms with Crippen molar-refractivity contribution in [3.8, 4) is 0 Å². The van der Waals surface area contributed by atoms with Crippen LogP contribution in [-0.4, -0.2) is 25.3 Å². The van der Waals surface area contributed by atoms with Crippen LogP contribution in [0.3, 0.4) is 0 Å². The minimum absolute atomic E-state index is 0.0434. The molecule has 1 aliphatic heterocycles. The maximum absolute atomic E-state index is 13.6. The summed E-state index contributed by atoms with van der Waals surface area (Å²) >= 11 is 5.75. The van der Waals surface area contributed by atoms with Gasteiger partial charge in [0.1, 0.15) is 5.82 Å². The van der Waals surface area contributed by atoms with E-state index in [1.807, 2.05) is 4.57 Å². The Morgan fingerprint density at radius 3 is 2.79 bits per heavy atom. The van der Waals surface area contributed by atoms with Crippen LogP contribution in [0.25, 0.3) is 11.0 Å². The minimum atomic E-state index is -0.741. The number of hydrogen-bond donors (Lipinski definition) is 1. The van der Waals surface area contributed by atoms with Gasteiger partial charge in [-0.3, -0.25) is 4.21 Å². The normalized spacial score (nSPS) is 23.9. The number of nitrogens with two attached hydrogens (primary N) is 1. The maximum Gasteiger partial charge on any atom is 0.201 e. The number of fused-ring (bicyclic) bond motifs is 1. The van der Waals surface area contributed by atoms with Gasteiger partial charge in [-0.15, -0.1) is 0 Å². The zero-order valence-corrected chi connectivity index (χ0v) is 11.7. The predicted molar refractivity (Wildman–Crippen MR) is 75.3 cm³/mol. The average Bonchev–Trinajstić information content (AvgIpc) is 2.67. The van der Waals surface area contributed by atoms with E-state index in [4.69, 9.17) is 17.3 Å². The Bertz CT molecular complexity index is 663. The lowest BCUT2D eigenvalue weighted by atomic mass is 10.1. The van der Waals surface area contributed by atoms with E-state index in [0.29, 0.717) is 28.5 Å². The number of halogens is 2. The largest absolute Gasteiger partial charge is 0.369 e. The molecule has 1 saturated heterocycles. The Morgan fingerprint density at radius 2 is 2.11 bits per heavy atom. The predicted octanol–water partition coefficient (Wildman–Crippen LogP) is 2.49. The van der Waals surface area contributed by atoms with Gasteiger partial charge in [-0.05, 0) is 18.9 Å². The highest BCUT2D eigenvalue weighted by molar-refractivity contribution is 7.85. The molecule has 0 radical (unpaired) electrons. The molecule has 0 atom stereocenters. The molecule has 4 nitrogen and oxygen atoms in total. The monoisotopic (exact) mass is 301 g/mol. The van der Waals surface area contributed by atoms with Gasteiger partial charge in [0.25, 0.3) is 0 Å². The first-order valence-electron chi connectivity index (χ1n) is 6.03. The second kappa shape index (κ2) is 4.76. The lowest BCUT2D eigenvalue weighted by Crippen LogP contribution is -2.22. The lowest BCUT2D eigenvalue weighted by Gasteiger charge is -2.24. The summed E-state index contributed by atoms with van der Waals surface area (Å²) in [4.78, 5) is 4.22. The molecule has 2 aromatic rings. The van der Waals surface area contributed by atoms with E-state index >= 15 is 0 Å². The number of benzene rings is 1. The molecule has 1 fully saturated rings. The van der Waals surface area contributed by atoms with Crippen LogP contribution >= 0.6 is 11.6 Å². The second-order valence-corrected chi connectivity index (χ2v) is 6.78. The maximum atomic E-state index is 13.6. The first kappa shape index (κ1) is 12.9. The first-order chi connectivity index (χ1) is 9.06. The van der Waals surface area contributed by atoms with Gasteiger partial charge in [0.05, 0.1) is 16.1 Å². The minimum Gasteiger partial charge on any atom is -0.369 e. The molecule has 0 spiro atoms. The van der Waals surface area contributed by atoms with E-state index in [1.54, 1.807) is 0 Å². The van der Waals surface area contributed by atoms with Crippen molar-refractivity contribution in [2.45, 2.75) is 18.9 Å². The van der Waals surface area contributed by atoms with Crippen LogP contribution in [0.2, 0.25) is 5.02 Å². The second-order valence-electron chi connectivity index (χ2n) is 4.67.